The minimum atomic E-state index is -4.44. The summed E-state index contributed by atoms with van der Waals surface area (Å²) in [5, 5.41) is 1.67. The molecule has 0 aliphatic heterocycles. The molecule has 0 aliphatic rings. The number of carbonyl (C=O) groups excluding carboxylic acids is 2. The molecule has 0 atom stereocenters. The molecule has 1 N–H and O–H groups in total. The number of hydrogen-bond donors (Lipinski definition) is 1. The Hall–Kier alpha value is -1.53. The van der Waals surface area contributed by atoms with Gasteiger partial charge in [-0.15, -0.1) is 0 Å². The van der Waals surface area contributed by atoms with Crippen LogP contribution in [-0.2, 0) is 9.59 Å². The van der Waals surface area contributed by atoms with E-state index >= 15 is 0 Å². The van der Waals surface area contributed by atoms with Crippen LogP contribution in [-0.4, -0.2) is 43.0 Å². The van der Waals surface area contributed by atoms with Gasteiger partial charge in [-0.2, -0.15) is 13.2 Å². The molecule has 2 amide bonds. The van der Waals surface area contributed by atoms with Crippen molar-refractivity contribution in [1.29, 1.82) is 0 Å². The Morgan fingerprint density at radius 3 is 2.38 bits per heavy atom. The number of nitrogens with zero attached hydrogens (tertiary/aromatic N) is 1. The Morgan fingerprint density at radius 2 is 1.94 bits per heavy atom. The molecule has 0 bridgehead atoms. The molecule has 0 spiro atoms. The number of allylic oxidation sites excluding steroid dienone is 1. The Bertz CT molecular complexity index is 287. The molecule has 7 heteroatoms. The molecule has 0 unspecified atom stereocenters. The number of nitrogens with one attached hydrogen (secondary N) is 1. The van der Waals surface area contributed by atoms with E-state index in [0.29, 0.717) is 0 Å². The fraction of sp³-hybridized carbons (Fsp3) is 0.556. The van der Waals surface area contributed by atoms with Crippen LogP contribution in [0.15, 0.2) is 12.2 Å². The lowest BCUT2D eigenvalue weighted by molar-refractivity contribution is -0.140. The number of carbonyl (C=O) groups is 2. The Balaban J connectivity index is 4.01. The number of likely N-dealkylation sites (N-methyl/N-ethyl adjacent to an activating group) is 1. The van der Waals surface area contributed by atoms with Crippen molar-refractivity contribution in [3.05, 3.63) is 12.2 Å². The molecule has 0 saturated carbocycles. The van der Waals surface area contributed by atoms with Gasteiger partial charge in [0.1, 0.15) is 6.54 Å². The van der Waals surface area contributed by atoms with Crippen molar-refractivity contribution < 1.29 is 22.8 Å². The summed E-state index contributed by atoms with van der Waals surface area (Å²) in [5.41, 5.74) is 0. The highest BCUT2D eigenvalue weighted by atomic mass is 19.4. The van der Waals surface area contributed by atoms with Gasteiger partial charge in [0.05, 0.1) is 6.54 Å². The Morgan fingerprint density at radius 1 is 1.38 bits per heavy atom. The first-order chi connectivity index (χ1) is 7.26. The Kier molecular flexibility index (Phi) is 5.55. The number of amides is 2. The third-order valence-corrected chi connectivity index (χ3v) is 1.55. The summed E-state index contributed by atoms with van der Waals surface area (Å²) in [6.45, 7) is -0.174. The van der Waals surface area contributed by atoms with Gasteiger partial charge in [0.25, 0.3) is 0 Å². The fourth-order valence-electron chi connectivity index (χ4n) is 0.818. The molecule has 16 heavy (non-hydrogen) atoms. The van der Waals surface area contributed by atoms with Crippen molar-refractivity contribution in [3.8, 4) is 0 Å². The zero-order chi connectivity index (χ0) is 12.8. The van der Waals surface area contributed by atoms with Gasteiger partial charge in [-0.1, -0.05) is 6.08 Å². The molecule has 4 nitrogen and oxygen atoms in total. The average Bonchev–Trinajstić information content (AvgIpc) is 2.14. The predicted molar refractivity (Wildman–Crippen MR) is 51.5 cm³/mol. The van der Waals surface area contributed by atoms with Gasteiger partial charge >= 0.3 is 6.18 Å². The predicted octanol–water partition coefficient (Wildman–Crippen LogP) is 0.699. The lowest BCUT2D eigenvalue weighted by Gasteiger charge is -2.15. The van der Waals surface area contributed by atoms with Gasteiger partial charge in [0.15, 0.2) is 0 Å². The molecule has 0 saturated heterocycles. The van der Waals surface area contributed by atoms with Crippen LogP contribution in [0.5, 0.6) is 0 Å². The summed E-state index contributed by atoms with van der Waals surface area (Å²) in [5.74, 6) is -1.29. The first-order valence-electron chi connectivity index (χ1n) is 4.47. The third-order valence-electron chi connectivity index (χ3n) is 1.55. The van der Waals surface area contributed by atoms with E-state index in [1.54, 1.807) is 12.2 Å². The highest BCUT2D eigenvalue weighted by Crippen LogP contribution is 2.11. The van der Waals surface area contributed by atoms with E-state index in [1.165, 1.54) is 19.2 Å². The van der Waals surface area contributed by atoms with Gasteiger partial charge in [0, 0.05) is 7.05 Å². The van der Waals surface area contributed by atoms with Crippen LogP contribution >= 0.6 is 0 Å². The van der Waals surface area contributed by atoms with Crippen molar-refractivity contribution in [1.82, 2.24) is 10.2 Å². The molecule has 0 aromatic carbocycles. The van der Waals surface area contributed by atoms with Crippen molar-refractivity contribution in [2.24, 2.45) is 0 Å². The van der Waals surface area contributed by atoms with Crippen LogP contribution in [0.2, 0.25) is 0 Å². The minimum Gasteiger partial charge on any atom is -0.345 e. The maximum atomic E-state index is 11.7. The van der Waals surface area contributed by atoms with Crippen molar-refractivity contribution in [2.45, 2.75) is 13.1 Å². The maximum Gasteiger partial charge on any atom is 0.405 e. The normalized spacial score (nSPS) is 11.6. The Labute approximate surface area is 91.1 Å². The summed E-state index contributed by atoms with van der Waals surface area (Å²) in [6.07, 6.45) is -1.74. The van der Waals surface area contributed by atoms with Crippen molar-refractivity contribution >= 4 is 11.8 Å². The molecule has 0 aromatic rings. The second-order valence-corrected chi connectivity index (χ2v) is 3.09. The summed E-state index contributed by atoms with van der Waals surface area (Å²) >= 11 is 0. The van der Waals surface area contributed by atoms with Crippen LogP contribution in [0.25, 0.3) is 0 Å². The monoisotopic (exact) mass is 238 g/mol. The van der Waals surface area contributed by atoms with Gasteiger partial charge < -0.3 is 10.2 Å². The molecule has 0 heterocycles. The maximum absolute atomic E-state index is 11.7. The van der Waals surface area contributed by atoms with Gasteiger partial charge in [0.2, 0.25) is 11.8 Å². The molecular formula is C9H13F3N2O2. The van der Waals surface area contributed by atoms with E-state index < -0.39 is 31.1 Å². The van der Waals surface area contributed by atoms with Crippen molar-refractivity contribution in [3.63, 3.8) is 0 Å². The molecule has 0 fully saturated rings. The van der Waals surface area contributed by atoms with E-state index in [9.17, 15) is 22.8 Å². The minimum absolute atomic E-state index is 0.404. The summed E-state index contributed by atoms with van der Waals surface area (Å²) < 4.78 is 35.2. The summed E-state index contributed by atoms with van der Waals surface area (Å²) in [7, 11) is 1.33. The molecule has 92 valence electrons. The number of alkyl halides is 3. The van der Waals surface area contributed by atoms with Crippen LogP contribution in [0.3, 0.4) is 0 Å². The second-order valence-electron chi connectivity index (χ2n) is 3.09. The highest BCUT2D eigenvalue weighted by Gasteiger charge is 2.27. The van der Waals surface area contributed by atoms with Crippen LogP contribution in [0.4, 0.5) is 13.2 Å². The largest absolute Gasteiger partial charge is 0.405 e. The first kappa shape index (κ1) is 14.5. The first-order valence-corrected chi connectivity index (χ1v) is 4.47. The molecule has 0 radical (unpaired) electrons. The van der Waals surface area contributed by atoms with Gasteiger partial charge in [-0.25, -0.2) is 0 Å². The van der Waals surface area contributed by atoms with E-state index in [4.69, 9.17) is 0 Å². The van der Waals surface area contributed by atoms with Crippen LogP contribution < -0.4 is 5.32 Å². The van der Waals surface area contributed by atoms with E-state index in [-0.39, 0.29) is 0 Å². The van der Waals surface area contributed by atoms with E-state index in [2.05, 4.69) is 0 Å². The van der Waals surface area contributed by atoms with Crippen LogP contribution in [0.1, 0.15) is 6.92 Å². The quantitative estimate of drug-likeness (QED) is 0.733. The standard InChI is InChI=1S/C9H13F3N2O2/c1-3-4-8(16)14(2)5-7(15)13-6-9(10,11)12/h3-4H,5-6H2,1-2H3,(H,13,15). The SMILES string of the molecule is CC=CC(=O)N(C)CC(=O)NCC(F)(F)F. The smallest absolute Gasteiger partial charge is 0.345 e. The number of rotatable bonds is 4. The molecule has 0 aliphatic carbocycles. The topological polar surface area (TPSA) is 49.4 Å². The zero-order valence-corrected chi connectivity index (χ0v) is 8.97. The summed E-state index contributed by atoms with van der Waals surface area (Å²) in [4.78, 5) is 23.1. The van der Waals surface area contributed by atoms with Crippen molar-refractivity contribution in [2.75, 3.05) is 20.1 Å². The van der Waals surface area contributed by atoms with E-state index in [0.717, 1.165) is 4.90 Å². The third kappa shape index (κ3) is 6.86. The lowest BCUT2D eigenvalue weighted by atomic mass is 10.4. The van der Waals surface area contributed by atoms with Gasteiger partial charge in [-0.05, 0) is 13.0 Å². The zero-order valence-electron chi connectivity index (χ0n) is 8.97. The van der Waals surface area contributed by atoms with Crippen LogP contribution in [0, 0.1) is 0 Å². The fourth-order valence-corrected chi connectivity index (χ4v) is 0.818. The lowest BCUT2D eigenvalue weighted by Crippen LogP contribution is -2.41. The molecular weight excluding hydrogens is 225 g/mol. The van der Waals surface area contributed by atoms with E-state index in [1.807, 2.05) is 0 Å². The highest BCUT2D eigenvalue weighted by molar-refractivity contribution is 5.90. The number of hydrogen-bond acceptors (Lipinski definition) is 2. The van der Waals surface area contributed by atoms with Gasteiger partial charge in [-0.3, -0.25) is 9.59 Å². The second kappa shape index (κ2) is 6.14. The number of halogens is 3. The average molecular weight is 238 g/mol. The molecule has 0 rings (SSSR count). The summed E-state index contributed by atoms with van der Waals surface area (Å²) in [6, 6.07) is 0. The molecule has 0 aromatic heterocycles.